The molecule has 0 fully saturated rings. The number of nitrogens with two attached hydrogens (primary N) is 2. The fraction of sp³-hybridized carbons (Fsp3) is 0.857. The van der Waals surface area contributed by atoms with Crippen LogP contribution >= 0.6 is 0 Å². The van der Waals surface area contributed by atoms with Crippen molar-refractivity contribution in [3.8, 4) is 0 Å². The van der Waals surface area contributed by atoms with Crippen molar-refractivity contribution in [2.24, 2.45) is 16.7 Å². The highest BCUT2D eigenvalue weighted by Gasteiger charge is 2.02. The molecule has 66 valence electrons. The van der Waals surface area contributed by atoms with Crippen LogP contribution in [0.15, 0.2) is 5.10 Å². The van der Waals surface area contributed by atoms with E-state index >= 15 is 0 Å². The summed E-state index contributed by atoms with van der Waals surface area (Å²) in [4.78, 5) is 1.96. The summed E-state index contributed by atoms with van der Waals surface area (Å²) in [6, 6.07) is 0. The topological polar surface area (TPSA) is 67.6 Å². The van der Waals surface area contributed by atoms with Crippen LogP contribution in [-0.4, -0.2) is 23.9 Å². The van der Waals surface area contributed by atoms with Crippen LogP contribution in [0, 0.1) is 0 Å². The molecule has 0 unspecified atom stereocenters. The predicted octanol–water partition coefficient (Wildman–Crippen LogP) is 0.297. The average Bonchev–Trinajstić information content (AvgIpc) is 2.05. The smallest absolute Gasteiger partial charge is 0.213 e. The van der Waals surface area contributed by atoms with Crippen LogP contribution in [0.5, 0.6) is 0 Å². The van der Waals surface area contributed by atoms with Crippen LogP contribution in [0.2, 0.25) is 0 Å². The molecule has 0 radical (unpaired) electrons. The lowest BCUT2D eigenvalue weighted by atomic mass is 10.3. The first kappa shape index (κ1) is 10.1. The molecule has 0 heterocycles. The summed E-state index contributed by atoms with van der Waals surface area (Å²) in [5.74, 6) is 5.47. The zero-order valence-electron chi connectivity index (χ0n) is 7.38. The monoisotopic (exact) mass is 158 g/mol. The molecule has 0 saturated carbocycles. The maximum absolute atomic E-state index is 5.52. The van der Waals surface area contributed by atoms with E-state index in [9.17, 15) is 0 Å². The van der Waals surface area contributed by atoms with E-state index in [1.54, 1.807) is 0 Å². The Balaban J connectivity index is 3.75. The quantitative estimate of drug-likeness (QED) is 0.267. The molecule has 11 heavy (non-hydrogen) atoms. The molecule has 0 aromatic rings. The average molecular weight is 158 g/mol. The first-order chi connectivity index (χ1) is 5.26. The van der Waals surface area contributed by atoms with E-state index < -0.39 is 0 Å². The summed E-state index contributed by atoms with van der Waals surface area (Å²) >= 11 is 0. The highest BCUT2D eigenvalue weighted by atomic mass is 15.3. The highest BCUT2D eigenvalue weighted by molar-refractivity contribution is 5.77. The van der Waals surface area contributed by atoms with Gasteiger partial charge in [-0.1, -0.05) is 13.3 Å². The standard InChI is InChI=1S/C7H18N4/c1-3-5-6-11(4-2)7(8)10-9/h3-6,9H2,1-2H3,(H2,8,10). The third-order valence-corrected chi connectivity index (χ3v) is 1.62. The van der Waals surface area contributed by atoms with Gasteiger partial charge in [-0.25, -0.2) is 0 Å². The summed E-state index contributed by atoms with van der Waals surface area (Å²) < 4.78 is 0. The minimum atomic E-state index is 0.431. The van der Waals surface area contributed by atoms with Gasteiger partial charge in [-0.3, -0.25) is 0 Å². The molecule has 0 aromatic carbocycles. The van der Waals surface area contributed by atoms with Gasteiger partial charge in [-0.15, -0.1) is 5.10 Å². The molecule has 0 aliphatic heterocycles. The van der Waals surface area contributed by atoms with Crippen molar-refractivity contribution in [3.05, 3.63) is 0 Å². The second-order valence-corrected chi connectivity index (χ2v) is 2.42. The predicted molar refractivity (Wildman–Crippen MR) is 48.0 cm³/mol. The van der Waals surface area contributed by atoms with Crippen molar-refractivity contribution < 1.29 is 0 Å². The van der Waals surface area contributed by atoms with Gasteiger partial charge < -0.3 is 16.5 Å². The second-order valence-electron chi connectivity index (χ2n) is 2.42. The molecule has 0 aromatic heterocycles. The SMILES string of the molecule is CCCCN(CC)C(N)=NN. The van der Waals surface area contributed by atoms with Gasteiger partial charge in [-0.2, -0.15) is 0 Å². The van der Waals surface area contributed by atoms with Crippen LogP contribution in [0.4, 0.5) is 0 Å². The highest BCUT2D eigenvalue weighted by Crippen LogP contribution is 1.93. The van der Waals surface area contributed by atoms with E-state index in [0.29, 0.717) is 5.96 Å². The second kappa shape index (κ2) is 5.82. The minimum Gasteiger partial charge on any atom is -0.368 e. The van der Waals surface area contributed by atoms with Crippen molar-refractivity contribution in [1.29, 1.82) is 0 Å². The Morgan fingerprint density at radius 3 is 2.45 bits per heavy atom. The van der Waals surface area contributed by atoms with Crippen molar-refractivity contribution in [2.45, 2.75) is 26.7 Å². The van der Waals surface area contributed by atoms with Crippen LogP contribution < -0.4 is 11.6 Å². The molecule has 0 spiro atoms. The minimum absolute atomic E-state index is 0.431. The van der Waals surface area contributed by atoms with Gasteiger partial charge in [0.15, 0.2) is 0 Å². The summed E-state index contributed by atoms with van der Waals surface area (Å²) in [5, 5.41) is 3.43. The maximum Gasteiger partial charge on any atom is 0.213 e. The fourth-order valence-electron chi connectivity index (χ4n) is 0.865. The van der Waals surface area contributed by atoms with Crippen LogP contribution in [0.25, 0.3) is 0 Å². The first-order valence-corrected chi connectivity index (χ1v) is 4.04. The Morgan fingerprint density at radius 2 is 2.09 bits per heavy atom. The Hall–Kier alpha value is -0.930. The lowest BCUT2D eigenvalue weighted by molar-refractivity contribution is 0.422. The molecule has 0 atom stereocenters. The van der Waals surface area contributed by atoms with Crippen molar-refractivity contribution in [2.75, 3.05) is 13.1 Å². The lowest BCUT2D eigenvalue weighted by Crippen LogP contribution is -2.38. The number of nitrogens with zero attached hydrogens (tertiary/aromatic N) is 2. The largest absolute Gasteiger partial charge is 0.368 e. The van der Waals surface area contributed by atoms with E-state index in [1.807, 2.05) is 11.8 Å². The number of rotatable bonds is 4. The molecule has 0 amide bonds. The maximum atomic E-state index is 5.52. The van der Waals surface area contributed by atoms with Gasteiger partial charge in [-0.05, 0) is 13.3 Å². The third-order valence-electron chi connectivity index (χ3n) is 1.62. The molecule has 0 rings (SSSR count). The fourth-order valence-corrected chi connectivity index (χ4v) is 0.865. The van der Waals surface area contributed by atoms with Gasteiger partial charge in [0.05, 0.1) is 0 Å². The molecule has 0 bridgehead atoms. The molecule has 0 aliphatic carbocycles. The zero-order valence-corrected chi connectivity index (χ0v) is 7.38. The van der Waals surface area contributed by atoms with Crippen molar-refractivity contribution in [3.63, 3.8) is 0 Å². The van der Waals surface area contributed by atoms with E-state index in [2.05, 4.69) is 12.0 Å². The molecular weight excluding hydrogens is 140 g/mol. The summed E-state index contributed by atoms with van der Waals surface area (Å²) in [6.45, 7) is 5.99. The van der Waals surface area contributed by atoms with Crippen molar-refractivity contribution in [1.82, 2.24) is 4.90 Å². The lowest BCUT2D eigenvalue weighted by Gasteiger charge is -2.20. The third kappa shape index (κ3) is 3.70. The van der Waals surface area contributed by atoms with Gasteiger partial charge in [0.25, 0.3) is 0 Å². The van der Waals surface area contributed by atoms with Gasteiger partial charge >= 0.3 is 0 Å². The van der Waals surface area contributed by atoms with E-state index in [1.165, 1.54) is 0 Å². The van der Waals surface area contributed by atoms with Gasteiger partial charge in [0.2, 0.25) is 5.96 Å². The first-order valence-electron chi connectivity index (χ1n) is 4.04. The Bertz CT molecular complexity index is 122. The van der Waals surface area contributed by atoms with E-state index in [4.69, 9.17) is 11.6 Å². The van der Waals surface area contributed by atoms with Crippen LogP contribution in [0.3, 0.4) is 0 Å². The van der Waals surface area contributed by atoms with Gasteiger partial charge in [0, 0.05) is 13.1 Å². The van der Waals surface area contributed by atoms with E-state index in [0.717, 1.165) is 25.9 Å². The summed E-state index contributed by atoms with van der Waals surface area (Å²) in [7, 11) is 0. The number of guanidine groups is 1. The Morgan fingerprint density at radius 1 is 1.45 bits per heavy atom. The van der Waals surface area contributed by atoms with Gasteiger partial charge in [0.1, 0.15) is 0 Å². The molecular formula is C7H18N4. The molecule has 4 N–H and O–H groups in total. The molecule has 0 aliphatic rings. The summed E-state index contributed by atoms with van der Waals surface area (Å²) in [6.07, 6.45) is 2.29. The normalized spacial score (nSPS) is 11.6. The van der Waals surface area contributed by atoms with E-state index in [-0.39, 0.29) is 0 Å². The zero-order chi connectivity index (χ0) is 8.69. The number of hydrazone groups is 1. The van der Waals surface area contributed by atoms with Crippen LogP contribution in [0.1, 0.15) is 26.7 Å². The summed E-state index contributed by atoms with van der Waals surface area (Å²) in [5.41, 5.74) is 5.52. The van der Waals surface area contributed by atoms with Crippen LogP contribution in [-0.2, 0) is 0 Å². The number of hydrogen-bond donors (Lipinski definition) is 2. The molecule has 4 nitrogen and oxygen atoms in total. The Kier molecular flexibility index (Phi) is 5.33. The molecule has 4 heteroatoms. The Labute approximate surface area is 68.2 Å². The molecule has 0 saturated heterocycles. The van der Waals surface area contributed by atoms with Crippen molar-refractivity contribution >= 4 is 5.96 Å². The number of unbranched alkanes of at least 4 members (excludes halogenated alkanes) is 1. The number of hydrogen-bond acceptors (Lipinski definition) is 2.